The van der Waals surface area contributed by atoms with Crippen LogP contribution in [-0.2, 0) is 0 Å². The number of fused-ring (bicyclic) bond motifs is 11. The smallest absolute Gasteiger partial charge is 0.0622 e. The van der Waals surface area contributed by atoms with E-state index in [9.17, 15) is 0 Å². The lowest BCUT2D eigenvalue weighted by molar-refractivity contribution is 0.825. The number of hydrogen-bond donors (Lipinski definition) is 0. The van der Waals surface area contributed by atoms with E-state index in [0.29, 0.717) is 0 Å². The van der Waals surface area contributed by atoms with Gasteiger partial charge in [-0.3, -0.25) is 0 Å². The Morgan fingerprint density at radius 3 is 2.09 bits per heavy atom. The molecule has 2 aliphatic carbocycles. The molecule has 2 aliphatic rings. The Kier molecular flexibility index (Phi) is 5.77. The minimum Gasteiger partial charge on any atom is -0.309 e. The van der Waals surface area contributed by atoms with Crippen molar-refractivity contribution in [3.05, 3.63) is 186 Å². The summed E-state index contributed by atoms with van der Waals surface area (Å²) in [6.07, 6.45) is 10.4. The van der Waals surface area contributed by atoms with Crippen molar-refractivity contribution in [1.29, 1.82) is 0 Å². The molecule has 0 aliphatic heterocycles. The molecule has 0 N–H and O–H groups in total. The van der Waals surface area contributed by atoms with Gasteiger partial charge in [-0.05, 0) is 91.9 Å². The highest BCUT2D eigenvalue weighted by molar-refractivity contribution is 6.24. The Labute approximate surface area is 274 Å². The normalized spacial score (nSPS) is 15.5. The minimum absolute atomic E-state index is 0.275. The van der Waals surface area contributed by atoms with Crippen molar-refractivity contribution in [1.82, 2.24) is 4.57 Å². The number of para-hydroxylation sites is 2. The first kappa shape index (κ1) is 26.3. The van der Waals surface area contributed by atoms with Crippen LogP contribution in [0.3, 0.4) is 0 Å². The van der Waals surface area contributed by atoms with Crippen molar-refractivity contribution in [2.45, 2.75) is 12.3 Å². The van der Waals surface area contributed by atoms with Crippen LogP contribution in [0.25, 0.3) is 71.8 Å². The lowest BCUT2D eigenvalue weighted by atomic mass is 9.71. The van der Waals surface area contributed by atoms with Crippen molar-refractivity contribution in [2.75, 3.05) is 0 Å². The van der Waals surface area contributed by atoms with Crippen LogP contribution in [0.2, 0.25) is 0 Å². The van der Waals surface area contributed by atoms with Crippen LogP contribution in [0, 0.1) is 0 Å². The number of nitrogens with zero attached hydrogens (tertiary/aromatic N) is 1. The quantitative estimate of drug-likeness (QED) is 0.191. The van der Waals surface area contributed by atoms with Crippen LogP contribution < -0.4 is 0 Å². The Morgan fingerprint density at radius 1 is 0.553 bits per heavy atom. The Balaban J connectivity index is 1.23. The molecule has 0 saturated carbocycles. The summed E-state index contributed by atoms with van der Waals surface area (Å²) in [5, 5.41) is 7.85. The molecule has 8 aromatic rings. The van der Waals surface area contributed by atoms with Crippen molar-refractivity contribution in [3.63, 3.8) is 0 Å². The summed E-state index contributed by atoms with van der Waals surface area (Å²) in [5.41, 5.74) is 13.1. The van der Waals surface area contributed by atoms with E-state index < -0.39 is 0 Å². The number of benzene rings is 7. The third-order valence-electron chi connectivity index (χ3n) is 10.3. The van der Waals surface area contributed by atoms with E-state index >= 15 is 0 Å². The van der Waals surface area contributed by atoms with E-state index in [1.54, 1.807) is 0 Å². The number of rotatable bonds is 3. The summed E-state index contributed by atoms with van der Waals surface area (Å²) >= 11 is 0. The molecule has 0 bridgehead atoms. The summed E-state index contributed by atoms with van der Waals surface area (Å²) in [6, 6.07) is 53.4. The summed E-state index contributed by atoms with van der Waals surface area (Å²) in [7, 11) is 0. The first-order valence-corrected chi connectivity index (χ1v) is 16.5. The Morgan fingerprint density at radius 2 is 1.23 bits per heavy atom. The third-order valence-corrected chi connectivity index (χ3v) is 10.3. The van der Waals surface area contributed by atoms with Crippen LogP contribution in [0.5, 0.6) is 0 Å². The Hall–Kier alpha value is -5.92. The number of allylic oxidation sites excluding steroid dienone is 5. The van der Waals surface area contributed by atoms with Crippen molar-refractivity contribution in [3.8, 4) is 16.8 Å². The van der Waals surface area contributed by atoms with Crippen molar-refractivity contribution in [2.24, 2.45) is 0 Å². The van der Waals surface area contributed by atoms with Crippen LogP contribution >= 0.6 is 0 Å². The van der Waals surface area contributed by atoms with Gasteiger partial charge in [-0.25, -0.2) is 0 Å². The highest BCUT2D eigenvalue weighted by Gasteiger charge is 2.33. The zero-order valence-electron chi connectivity index (χ0n) is 25.9. The van der Waals surface area contributed by atoms with Crippen molar-refractivity contribution < 1.29 is 0 Å². The monoisotopic (exact) mass is 597 g/mol. The fraction of sp³-hybridized carbons (Fsp3) is 0.0435. The Bertz CT molecular complexity index is 2630. The van der Waals surface area contributed by atoms with Gasteiger partial charge in [0.25, 0.3) is 0 Å². The molecule has 0 spiro atoms. The summed E-state index contributed by atoms with van der Waals surface area (Å²) in [4.78, 5) is 0. The molecule has 1 unspecified atom stereocenters. The molecule has 1 heteroatoms. The van der Waals surface area contributed by atoms with Gasteiger partial charge in [0.15, 0.2) is 0 Å². The minimum atomic E-state index is 0.275. The van der Waals surface area contributed by atoms with Gasteiger partial charge in [-0.15, -0.1) is 0 Å². The topological polar surface area (TPSA) is 4.93 Å². The van der Waals surface area contributed by atoms with Gasteiger partial charge in [0, 0.05) is 27.8 Å². The predicted molar refractivity (Wildman–Crippen MR) is 200 cm³/mol. The summed E-state index contributed by atoms with van der Waals surface area (Å²) in [5.74, 6) is 0.275. The summed E-state index contributed by atoms with van der Waals surface area (Å²) in [6.45, 7) is 0. The van der Waals surface area contributed by atoms with Gasteiger partial charge in [0.05, 0.1) is 11.0 Å². The maximum atomic E-state index is 2.49. The molecule has 0 fully saturated rings. The highest BCUT2D eigenvalue weighted by Crippen LogP contribution is 2.53. The molecule has 1 atom stereocenters. The van der Waals surface area contributed by atoms with Crippen molar-refractivity contribution >= 4 is 55.0 Å². The molecule has 0 radical (unpaired) electrons. The second-order valence-electron chi connectivity index (χ2n) is 12.8. The lowest BCUT2D eigenvalue weighted by Gasteiger charge is -2.32. The van der Waals surface area contributed by atoms with E-state index in [2.05, 4.69) is 174 Å². The first-order valence-electron chi connectivity index (χ1n) is 16.5. The van der Waals surface area contributed by atoms with E-state index in [-0.39, 0.29) is 5.92 Å². The lowest BCUT2D eigenvalue weighted by Crippen LogP contribution is -2.13. The van der Waals surface area contributed by atoms with E-state index in [4.69, 9.17) is 0 Å². The van der Waals surface area contributed by atoms with Gasteiger partial charge in [0.1, 0.15) is 0 Å². The second kappa shape index (κ2) is 10.3. The number of aromatic nitrogens is 1. The SMILES string of the molecule is C1=CCC2C(=C1)C(c1ccc(-c3ccc4ccccc4c3)cc1)=Cc1c2c2c3ccccc3n(-c3ccccc3)c2c2ccccc12. The van der Waals surface area contributed by atoms with Gasteiger partial charge >= 0.3 is 0 Å². The molecular weight excluding hydrogens is 567 g/mol. The molecule has 1 heterocycles. The zero-order chi connectivity index (χ0) is 30.9. The average molecular weight is 598 g/mol. The van der Waals surface area contributed by atoms with E-state index in [1.165, 1.54) is 88.0 Å². The van der Waals surface area contributed by atoms with E-state index in [0.717, 1.165) is 6.42 Å². The highest BCUT2D eigenvalue weighted by atomic mass is 15.0. The fourth-order valence-corrected chi connectivity index (χ4v) is 8.20. The van der Waals surface area contributed by atoms with Crippen LogP contribution in [-0.4, -0.2) is 4.57 Å². The van der Waals surface area contributed by atoms with Gasteiger partial charge < -0.3 is 4.57 Å². The predicted octanol–water partition coefficient (Wildman–Crippen LogP) is 12.3. The standard InChI is InChI=1S/C46H31N/c1-2-14-35(15-3-1)47-43-21-11-10-20-40(43)45-44-38-18-8-6-16-36(38)41(29-42(44)37-17-7-9-19-39(37)46(45)47)32-25-22-31(23-26-32)34-27-24-30-12-4-5-13-33(30)28-34/h1-17,19-29,38H,18H2. The van der Waals surface area contributed by atoms with Gasteiger partial charge in [-0.2, -0.15) is 0 Å². The maximum Gasteiger partial charge on any atom is 0.0622 e. The maximum absolute atomic E-state index is 2.49. The molecule has 220 valence electrons. The second-order valence-corrected chi connectivity index (χ2v) is 12.8. The van der Waals surface area contributed by atoms with Gasteiger partial charge in [0.2, 0.25) is 0 Å². The average Bonchev–Trinajstić information content (AvgIpc) is 3.50. The zero-order valence-corrected chi connectivity index (χ0v) is 25.9. The summed E-state index contributed by atoms with van der Waals surface area (Å²) < 4.78 is 2.49. The largest absolute Gasteiger partial charge is 0.309 e. The molecule has 1 aromatic heterocycles. The molecule has 1 nitrogen and oxygen atoms in total. The first-order chi connectivity index (χ1) is 23.3. The molecule has 0 amide bonds. The molecule has 7 aromatic carbocycles. The molecule has 0 saturated heterocycles. The van der Waals surface area contributed by atoms with Gasteiger partial charge in [-0.1, -0.05) is 140 Å². The molecule has 47 heavy (non-hydrogen) atoms. The number of hydrogen-bond acceptors (Lipinski definition) is 0. The molecule has 10 rings (SSSR count). The fourth-order valence-electron chi connectivity index (χ4n) is 8.20. The van der Waals surface area contributed by atoms with E-state index in [1.807, 2.05) is 0 Å². The third kappa shape index (κ3) is 3.96. The van der Waals surface area contributed by atoms with Crippen LogP contribution in [0.1, 0.15) is 29.0 Å². The molecular formula is C46H31N. The van der Waals surface area contributed by atoms with Crippen LogP contribution in [0.15, 0.2) is 169 Å². The van der Waals surface area contributed by atoms with Crippen LogP contribution in [0.4, 0.5) is 0 Å².